The fourth-order valence-electron chi connectivity index (χ4n) is 1.43. The molecule has 2 rings (SSSR count). The van der Waals surface area contributed by atoms with Crippen LogP contribution in [0.5, 0.6) is 0 Å². The first-order valence-corrected chi connectivity index (χ1v) is 4.92. The van der Waals surface area contributed by atoms with Gasteiger partial charge < -0.3 is 10.3 Å². The molecule has 0 aliphatic heterocycles. The molecule has 0 amide bonds. The van der Waals surface area contributed by atoms with E-state index in [9.17, 15) is 13.2 Å². The number of rotatable bonds is 3. The summed E-state index contributed by atoms with van der Waals surface area (Å²) in [6.07, 6.45) is -2.71. The highest BCUT2D eigenvalue weighted by molar-refractivity contribution is 5.78. The van der Waals surface area contributed by atoms with Gasteiger partial charge in [-0.25, -0.2) is 4.98 Å². The van der Waals surface area contributed by atoms with Crippen molar-refractivity contribution in [2.45, 2.75) is 6.18 Å². The molecule has 1 heterocycles. The van der Waals surface area contributed by atoms with E-state index in [1.807, 2.05) is 0 Å². The molecule has 0 aliphatic carbocycles. The molecule has 1 aromatic carbocycles. The first-order chi connectivity index (χ1) is 8.00. The van der Waals surface area contributed by atoms with Crippen molar-refractivity contribution in [2.24, 2.45) is 0 Å². The van der Waals surface area contributed by atoms with Gasteiger partial charge in [-0.05, 0) is 18.2 Å². The summed E-state index contributed by atoms with van der Waals surface area (Å²) in [6.45, 7) is 4.02. The SMILES string of the molecule is C=CCNc1nc2cc(C(F)(F)F)ccc2[nH]1. The minimum Gasteiger partial charge on any atom is -0.352 e. The Balaban J connectivity index is 2.37. The number of aromatic amines is 1. The van der Waals surface area contributed by atoms with Crippen LogP contribution in [0.2, 0.25) is 0 Å². The largest absolute Gasteiger partial charge is 0.416 e. The Morgan fingerprint density at radius 2 is 2.18 bits per heavy atom. The van der Waals surface area contributed by atoms with Gasteiger partial charge in [-0.1, -0.05) is 6.08 Å². The van der Waals surface area contributed by atoms with Crippen molar-refractivity contribution >= 4 is 17.0 Å². The maximum Gasteiger partial charge on any atom is 0.416 e. The fraction of sp³-hybridized carbons (Fsp3) is 0.182. The third-order valence-electron chi connectivity index (χ3n) is 2.22. The molecule has 17 heavy (non-hydrogen) atoms. The van der Waals surface area contributed by atoms with E-state index in [1.54, 1.807) is 6.08 Å². The van der Waals surface area contributed by atoms with E-state index in [4.69, 9.17) is 0 Å². The summed E-state index contributed by atoms with van der Waals surface area (Å²) in [5, 5.41) is 2.88. The molecule has 1 aromatic heterocycles. The van der Waals surface area contributed by atoms with Crippen molar-refractivity contribution in [2.75, 3.05) is 11.9 Å². The molecule has 2 N–H and O–H groups in total. The molecule has 0 spiro atoms. The zero-order valence-electron chi connectivity index (χ0n) is 8.80. The van der Waals surface area contributed by atoms with Crippen LogP contribution in [0.1, 0.15) is 5.56 Å². The van der Waals surface area contributed by atoms with Crippen molar-refractivity contribution in [1.82, 2.24) is 9.97 Å². The van der Waals surface area contributed by atoms with Gasteiger partial charge in [-0.2, -0.15) is 13.2 Å². The van der Waals surface area contributed by atoms with Gasteiger partial charge in [0, 0.05) is 6.54 Å². The van der Waals surface area contributed by atoms with Crippen molar-refractivity contribution < 1.29 is 13.2 Å². The number of H-pyrrole nitrogens is 1. The summed E-state index contributed by atoms with van der Waals surface area (Å²) in [6, 6.07) is 3.41. The van der Waals surface area contributed by atoms with E-state index >= 15 is 0 Å². The third-order valence-corrected chi connectivity index (χ3v) is 2.22. The Labute approximate surface area is 95.4 Å². The average molecular weight is 241 g/mol. The highest BCUT2D eigenvalue weighted by atomic mass is 19.4. The van der Waals surface area contributed by atoms with E-state index in [0.717, 1.165) is 12.1 Å². The number of fused-ring (bicyclic) bond motifs is 1. The molecule has 0 fully saturated rings. The maximum absolute atomic E-state index is 12.5. The predicted octanol–water partition coefficient (Wildman–Crippen LogP) is 3.18. The third kappa shape index (κ3) is 2.41. The first kappa shape index (κ1) is 11.5. The molecule has 0 aliphatic rings. The van der Waals surface area contributed by atoms with E-state index in [0.29, 0.717) is 18.0 Å². The van der Waals surface area contributed by atoms with E-state index < -0.39 is 11.7 Å². The number of hydrogen-bond donors (Lipinski definition) is 2. The number of anilines is 1. The number of aromatic nitrogens is 2. The Kier molecular flexibility index (Phi) is 2.79. The molecule has 0 atom stereocenters. The standard InChI is InChI=1S/C11H10F3N3/c1-2-5-15-10-16-8-4-3-7(11(12,13)14)6-9(8)17-10/h2-4,6H,1,5H2,(H2,15,16,17). The van der Waals surface area contributed by atoms with Crippen LogP contribution < -0.4 is 5.32 Å². The van der Waals surface area contributed by atoms with Gasteiger partial charge in [0.05, 0.1) is 16.6 Å². The van der Waals surface area contributed by atoms with Gasteiger partial charge in [0.2, 0.25) is 5.95 Å². The zero-order chi connectivity index (χ0) is 12.5. The fourth-order valence-corrected chi connectivity index (χ4v) is 1.43. The number of alkyl halides is 3. The summed E-state index contributed by atoms with van der Waals surface area (Å²) in [5.74, 6) is 0.430. The number of halogens is 3. The molecule has 0 bridgehead atoms. The normalized spacial score (nSPS) is 11.7. The quantitative estimate of drug-likeness (QED) is 0.810. The summed E-state index contributed by atoms with van der Waals surface area (Å²) in [7, 11) is 0. The number of hydrogen-bond acceptors (Lipinski definition) is 2. The van der Waals surface area contributed by atoms with Gasteiger partial charge in [0.15, 0.2) is 0 Å². The Bertz CT molecular complexity index is 542. The van der Waals surface area contributed by atoms with Crippen LogP contribution in [0.25, 0.3) is 11.0 Å². The minimum absolute atomic E-state index is 0.284. The Morgan fingerprint density at radius 3 is 2.82 bits per heavy atom. The molecule has 6 heteroatoms. The van der Waals surface area contributed by atoms with E-state index in [-0.39, 0.29) is 5.52 Å². The number of nitrogens with zero attached hydrogens (tertiary/aromatic N) is 1. The van der Waals surface area contributed by atoms with Crippen LogP contribution in [-0.4, -0.2) is 16.5 Å². The number of imidazole rings is 1. The molecule has 0 saturated carbocycles. The lowest BCUT2D eigenvalue weighted by atomic mass is 10.2. The van der Waals surface area contributed by atoms with Crippen LogP contribution in [0.3, 0.4) is 0 Å². The lowest BCUT2D eigenvalue weighted by molar-refractivity contribution is -0.137. The highest BCUT2D eigenvalue weighted by Crippen LogP contribution is 2.31. The summed E-state index contributed by atoms with van der Waals surface area (Å²) in [4.78, 5) is 6.88. The van der Waals surface area contributed by atoms with Crippen molar-refractivity contribution in [3.8, 4) is 0 Å². The molecule has 3 nitrogen and oxygen atoms in total. The van der Waals surface area contributed by atoms with Crippen molar-refractivity contribution in [3.05, 3.63) is 36.4 Å². The second-order valence-corrected chi connectivity index (χ2v) is 3.48. The minimum atomic E-state index is -4.35. The van der Waals surface area contributed by atoms with Crippen LogP contribution in [0.4, 0.5) is 19.1 Å². The molecular formula is C11H10F3N3. The first-order valence-electron chi connectivity index (χ1n) is 4.92. The molecule has 0 radical (unpaired) electrons. The van der Waals surface area contributed by atoms with Crippen LogP contribution in [0.15, 0.2) is 30.9 Å². The predicted molar refractivity (Wildman–Crippen MR) is 59.8 cm³/mol. The Hall–Kier alpha value is -1.98. The Morgan fingerprint density at radius 1 is 1.41 bits per heavy atom. The average Bonchev–Trinajstić information content (AvgIpc) is 2.66. The zero-order valence-corrected chi connectivity index (χ0v) is 8.80. The highest BCUT2D eigenvalue weighted by Gasteiger charge is 2.30. The van der Waals surface area contributed by atoms with Crippen molar-refractivity contribution in [1.29, 1.82) is 0 Å². The van der Waals surface area contributed by atoms with Gasteiger partial charge in [-0.15, -0.1) is 6.58 Å². The molecule has 0 unspecified atom stereocenters. The monoisotopic (exact) mass is 241 g/mol. The molecule has 0 saturated heterocycles. The van der Waals surface area contributed by atoms with Crippen LogP contribution >= 0.6 is 0 Å². The lowest BCUT2D eigenvalue weighted by Crippen LogP contribution is -2.04. The van der Waals surface area contributed by atoms with E-state index in [1.165, 1.54) is 6.07 Å². The second kappa shape index (κ2) is 4.12. The van der Waals surface area contributed by atoms with Crippen LogP contribution in [-0.2, 0) is 6.18 Å². The van der Waals surface area contributed by atoms with Crippen LogP contribution in [0, 0.1) is 0 Å². The van der Waals surface area contributed by atoms with Gasteiger partial charge >= 0.3 is 6.18 Å². The number of nitrogens with one attached hydrogen (secondary N) is 2. The molecular weight excluding hydrogens is 231 g/mol. The van der Waals surface area contributed by atoms with Crippen molar-refractivity contribution in [3.63, 3.8) is 0 Å². The smallest absolute Gasteiger partial charge is 0.352 e. The van der Waals surface area contributed by atoms with Gasteiger partial charge in [0.25, 0.3) is 0 Å². The lowest BCUT2D eigenvalue weighted by Gasteiger charge is -2.04. The van der Waals surface area contributed by atoms with Gasteiger partial charge in [-0.3, -0.25) is 0 Å². The summed E-state index contributed by atoms with van der Waals surface area (Å²) >= 11 is 0. The summed E-state index contributed by atoms with van der Waals surface area (Å²) < 4.78 is 37.4. The number of benzene rings is 1. The van der Waals surface area contributed by atoms with Gasteiger partial charge in [0.1, 0.15) is 0 Å². The molecule has 2 aromatic rings. The second-order valence-electron chi connectivity index (χ2n) is 3.48. The maximum atomic E-state index is 12.5. The molecule has 90 valence electrons. The van der Waals surface area contributed by atoms with E-state index in [2.05, 4.69) is 21.9 Å². The topological polar surface area (TPSA) is 40.7 Å². The summed E-state index contributed by atoms with van der Waals surface area (Å²) in [5.41, 5.74) is 0.141.